The third kappa shape index (κ3) is 4.05. The van der Waals surface area contributed by atoms with Gasteiger partial charge in [0.15, 0.2) is 0 Å². The molecule has 1 fully saturated rings. The summed E-state index contributed by atoms with van der Waals surface area (Å²) in [7, 11) is -3.13. The minimum absolute atomic E-state index is 0.00917. The summed E-state index contributed by atoms with van der Waals surface area (Å²) >= 11 is 1.62. The van der Waals surface area contributed by atoms with Gasteiger partial charge in [-0.2, -0.15) is 0 Å². The van der Waals surface area contributed by atoms with E-state index in [4.69, 9.17) is 0 Å². The molecule has 0 aromatic carbocycles. The molecule has 2 rings (SSSR count). The molecule has 1 atom stereocenters. The second-order valence-corrected chi connectivity index (χ2v) is 8.56. The first-order valence-electron chi connectivity index (χ1n) is 7.25. The normalized spacial score (nSPS) is 19.3. The van der Waals surface area contributed by atoms with Crippen LogP contribution in [0.1, 0.15) is 37.6 Å². The van der Waals surface area contributed by atoms with E-state index >= 15 is 0 Å². The number of hydrogen-bond acceptors (Lipinski definition) is 4. The average Bonchev–Trinajstić information content (AvgIpc) is 3.01. The zero-order valence-corrected chi connectivity index (χ0v) is 14.0. The molecule has 0 radical (unpaired) electrons. The van der Waals surface area contributed by atoms with Crippen LogP contribution in [0.15, 0.2) is 17.5 Å². The summed E-state index contributed by atoms with van der Waals surface area (Å²) in [5, 5.41) is 5.02. The van der Waals surface area contributed by atoms with Gasteiger partial charge < -0.3 is 5.32 Å². The predicted molar refractivity (Wildman–Crippen MR) is 84.6 cm³/mol. The van der Waals surface area contributed by atoms with E-state index in [1.807, 2.05) is 24.4 Å². The van der Waals surface area contributed by atoms with Crippen molar-refractivity contribution in [2.45, 2.75) is 32.7 Å². The summed E-state index contributed by atoms with van der Waals surface area (Å²) in [6.45, 7) is 4.51. The standard InChI is InChI=1S/C14H22N2O3S2/c1-3-21(18,19)16-8-6-12(7-9-16)14(17)15-11(2)13-5-4-10-20-13/h4-5,10-12H,3,6-9H2,1-2H3,(H,15,17)/t11-/m0/s1. The summed E-state index contributed by atoms with van der Waals surface area (Å²) in [4.78, 5) is 13.4. The fraction of sp³-hybridized carbons (Fsp3) is 0.643. The number of hydrogen-bond donors (Lipinski definition) is 1. The van der Waals surface area contributed by atoms with Crippen molar-refractivity contribution in [1.29, 1.82) is 0 Å². The average molecular weight is 330 g/mol. The van der Waals surface area contributed by atoms with Crippen molar-refractivity contribution in [1.82, 2.24) is 9.62 Å². The van der Waals surface area contributed by atoms with Gasteiger partial charge >= 0.3 is 0 Å². The van der Waals surface area contributed by atoms with Crippen LogP contribution in [0.3, 0.4) is 0 Å². The summed E-state index contributed by atoms with van der Waals surface area (Å²) in [5.74, 6) is 0.0689. The van der Waals surface area contributed by atoms with Gasteiger partial charge in [-0.1, -0.05) is 6.07 Å². The number of rotatable bonds is 5. The van der Waals surface area contributed by atoms with Gasteiger partial charge in [0.1, 0.15) is 0 Å². The Balaban J connectivity index is 1.86. The number of nitrogens with zero attached hydrogens (tertiary/aromatic N) is 1. The van der Waals surface area contributed by atoms with E-state index in [-0.39, 0.29) is 23.6 Å². The molecule has 118 valence electrons. The van der Waals surface area contributed by atoms with E-state index in [1.165, 1.54) is 4.31 Å². The van der Waals surface area contributed by atoms with E-state index in [0.29, 0.717) is 25.9 Å². The number of amides is 1. The van der Waals surface area contributed by atoms with Crippen molar-refractivity contribution in [2.24, 2.45) is 5.92 Å². The molecular formula is C14H22N2O3S2. The minimum atomic E-state index is -3.13. The second kappa shape index (κ2) is 6.89. The largest absolute Gasteiger partial charge is 0.349 e. The first kappa shape index (κ1) is 16.5. The molecule has 1 saturated heterocycles. The first-order valence-corrected chi connectivity index (χ1v) is 9.74. The summed E-state index contributed by atoms with van der Waals surface area (Å²) in [6.07, 6.45) is 1.20. The van der Waals surface area contributed by atoms with E-state index in [9.17, 15) is 13.2 Å². The van der Waals surface area contributed by atoms with Gasteiger partial charge in [0, 0.05) is 23.9 Å². The highest BCUT2D eigenvalue weighted by Gasteiger charge is 2.30. The summed E-state index contributed by atoms with van der Waals surface area (Å²) in [6, 6.07) is 3.98. The third-order valence-corrected chi connectivity index (χ3v) is 6.85. The van der Waals surface area contributed by atoms with E-state index in [1.54, 1.807) is 18.3 Å². The van der Waals surface area contributed by atoms with Crippen LogP contribution in [0.25, 0.3) is 0 Å². The van der Waals surface area contributed by atoms with Crippen molar-refractivity contribution in [2.75, 3.05) is 18.8 Å². The maximum atomic E-state index is 12.3. The van der Waals surface area contributed by atoms with Crippen LogP contribution in [-0.2, 0) is 14.8 Å². The molecule has 1 amide bonds. The zero-order chi connectivity index (χ0) is 15.5. The van der Waals surface area contributed by atoms with Crippen LogP contribution in [0.5, 0.6) is 0 Å². The molecule has 1 aliphatic rings. The minimum Gasteiger partial charge on any atom is -0.349 e. The maximum absolute atomic E-state index is 12.3. The van der Waals surface area contributed by atoms with Gasteiger partial charge in [-0.05, 0) is 38.1 Å². The third-order valence-electron chi connectivity index (χ3n) is 3.91. The fourth-order valence-corrected chi connectivity index (χ4v) is 4.39. The highest BCUT2D eigenvalue weighted by molar-refractivity contribution is 7.89. The van der Waals surface area contributed by atoms with Gasteiger partial charge in [-0.15, -0.1) is 11.3 Å². The number of thiophene rings is 1. The lowest BCUT2D eigenvalue weighted by atomic mass is 9.97. The van der Waals surface area contributed by atoms with Crippen LogP contribution < -0.4 is 5.32 Å². The molecule has 0 aliphatic carbocycles. The monoisotopic (exact) mass is 330 g/mol. The molecule has 2 heterocycles. The molecule has 7 heteroatoms. The molecular weight excluding hydrogens is 308 g/mol. The molecule has 0 unspecified atom stereocenters. The molecule has 1 aliphatic heterocycles. The van der Waals surface area contributed by atoms with Crippen molar-refractivity contribution in [3.63, 3.8) is 0 Å². The van der Waals surface area contributed by atoms with Gasteiger partial charge in [0.05, 0.1) is 11.8 Å². The number of carbonyl (C=O) groups excluding carboxylic acids is 1. The Labute approximate surface area is 130 Å². The van der Waals surface area contributed by atoms with Crippen molar-refractivity contribution >= 4 is 27.3 Å². The quantitative estimate of drug-likeness (QED) is 0.898. The Morgan fingerprint density at radius 2 is 2.14 bits per heavy atom. The van der Waals surface area contributed by atoms with Crippen LogP contribution in [0.4, 0.5) is 0 Å². The Bertz CT molecular complexity index is 561. The highest BCUT2D eigenvalue weighted by atomic mass is 32.2. The molecule has 1 aromatic rings. The molecule has 5 nitrogen and oxygen atoms in total. The van der Waals surface area contributed by atoms with Gasteiger partial charge in [-0.3, -0.25) is 4.79 Å². The Hall–Kier alpha value is -0.920. The van der Waals surface area contributed by atoms with E-state index in [2.05, 4.69) is 5.32 Å². The highest BCUT2D eigenvalue weighted by Crippen LogP contribution is 2.23. The molecule has 21 heavy (non-hydrogen) atoms. The molecule has 1 N–H and O–H groups in total. The van der Waals surface area contributed by atoms with Crippen LogP contribution >= 0.6 is 11.3 Å². The number of nitrogens with one attached hydrogen (secondary N) is 1. The topological polar surface area (TPSA) is 66.5 Å². The number of sulfonamides is 1. The Morgan fingerprint density at radius 1 is 1.48 bits per heavy atom. The molecule has 1 aromatic heterocycles. The van der Waals surface area contributed by atoms with E-state index in [0.717, 1.165) is 4.88 Å². The number of piperidine rings is 1. The summed E-state index contributed by atoms with van der Waals surface area (Å²) < 4.78 is 25.1. The predicted octanol–water partition coefficient (Wildman–Crippen LogP) is 1.99. The van der Waals surface area contributed by atoms with Crippen LogP contribution in [0, 0.1) is 5.92 Å². The van der Waals surface area contributed by atoms with Crippen molar-refractivity contribution < 1.29 is 13.2 Å². The molecule has 0 bridgehead atoms. The van der Waals surface area contributed by atoms with Gasteiger partial charge in [-0.25, -0.2) is 12.7 Å². The summed E-state index contributed by atoms with van der Waals surface area (Å²) in [5.41, 5.74) is 0. The zero-order valence-electron chi connectivity index (χ0n) is 12.4. The van der Waals surface area contributed by atoms with Crippen LogP contribution in [0.2, 0.25) is 0 Å². The molecule has 0 saturated carbocycles. The maximum Gasteiger partial charge on any atom is 0.223 e. The second-order valence-electron chi connectivity index (χ2n) is 5.32. The van der Waals surface area contributed by atoms with Crippen LogP contribution in [-0.4, -0.2) is 37.5 Å². The van der Waals surface area contributed by atoms with Gasteiger partial charge in [0.25, 0.3) is 0 Å². The van der Waals surface area contributed by atoms with Crippen molar-refractivity contribution in [3.05, 3.63) is 22.4 Å². The molecule has 0 spiro atoms. The fourth-order valence-electron chi connectivity index (χ4n) is 2.52. The lowest BCUT2D eigenvalue weighted by Crippen LogP contribution is -2.43. The first-order chi connectivity index (χ1) is 9.94. The Kier molecular flexibility index (Phi) is 5.40. The lowest BCUT2D eigenvalue weighted by molar-refractivity contribution is -0.126. The van der Waals surface area contributed by atoms with E-state index < -0.39 is 10.0 Å². The number of carbonyl (C=O) groups is 1. The van der Waals surface area contributed by atoms with Crippen molar-refractivity contribution in [3.8, 4) is 0 Å². The van der Waals surface area contributed by atoms with Gasteiger partial charge in [0.2, 0.25) is 15.9 Å². The Morgan fingerprint density at radius 3 is 2.67 bits per heavy atom. The SMILES string of the molecule is CCS(=O)(=O)N1CCC(C(=O)N[C@@H](C)c2cccs2)CC1. The lowest BCUT2D eigenvalue weighted by Gasteiger charge is -2.30. The smallest absolute Gasteiger partial charge is 0.223 e.